The van der Waals surface area contributed by atoms with Crippen LogP contribution < -0.4 is 5.06 Å². The van der Waals surface area contributed by atoms with E-state index in [4.69, 9.17) is 4.84 Å². The molecule has 4 heteroatoms. The van der Waals surface area contributed by atoms with Gasteiger partial charge in [-0.15, -0.1) is 0 Å². The molecule has 0 aromatic heterocycles. The molecule has 78 valence electrons. The van der Waals surface area contributed by atoms with Gasteiger partial charge < -0.3 is 5.11 Å². The first-order valence-corrected chi connectivity index (χ1v) is 5.00. The lowest BCUT2D eigenvalue weighted by atomic mass is 10.2. The second-order valence-corrected chi connectivity index (χ2v) is 4.16. The summed E-state index contributed by atoms with van der Waals surface area (Å²) in [5.74, 6) is 0.110. The van der Waals surface area contributed by atoms with Crippen LogP contribution in [0.25, 0.3) is 0 Å². The van der Waals surface area contributed by atoms with Gasteiger partial charge in [0.2, 0.25) is 0 Å². The highest BCUT2D eigenvalue weighted by Gasteiger charge is 2.54. The van der Waals surface area contributed by atoms with Crippen molar-refractivity contribution >= 4 is 11.6 Å². The Balaban J connectivity index is 1.91. The molecule has 1 saturated carbocycles. The average Bonchev–Trinajstić information content (AvgIpc) is 2.85. The van der Waals surface area contributed by atoms with Gasteiger partial charge in [-0.25, -0.2) is 0 Å². The summed E-state index contributed by atoms with van der Waals surface area (Å²) < 4.78 is 0. The van der Waals surface area contributed by atoms with E-state index in [0.717, 1.165) is 12.8 Å². The fourth-order valence-electron chi connectivity index (χ4n) is 1.85. The van der Waals surface area contributed by atoms with Gasteiger partial charge in [-0.1, -0.05) is 6.07 Å². The molecule has 1 amide bonds. The van der Waals surface area contributed by atoms with E-state index in [1.165, 1.54) is 11.1 Å². The Morgan fingerprint density at radius 2 is 2.20 bits per heavy atom. The first-order chi connectivity index (χ1) is 7.19. The van der Waals surface area contributed by atoms with Crippen molar-refractivity contribution in [3.05, 3.63) is 24.3 Å². The van der Waals surface area contributed by atoms with Gasteiger partial charge in [0.25, 0.3) is 5.91 Å². The Bertz CT molecular complexity index is 426. The standard InChI is InChI=1S/C11H11NO3/c13-9-3-1-2-8(6-9)12-10(14)7-11(15-12)4-5-11/h1-3,6,13H,4-5,7H2. The largest absolute Gasteiger partial charge is 0.508 e. The van der Waals surface area contributed by atoms with Crippen molar-refractivity contribution in [2.45, 2.75) is 24.9 Å². The minimum atomic E-state index is -0.220. The molecule has 1 aromatic rings. The predicted octanol–water partition coefficient (Wildman–Crippen LogP) is 1.59. The van der Waals surface area contributed by atoms with Crippen molar-refractivity contribution in [1.29, 1.82) is 0 Å². The summed E-state index contributed by atoms with van der Waals surface area (Å²) in [6.07, 6.45) is 2.37. The van der Waals surface area contributed by atoms with Crippen LogP contribution in [0.5, 0.6) is 5.75 Å². The lowest BCUT2D eigenvalue weighted by Crippen LogP contribution is -2.23. The zero-order valence-corrected chi connectivity index (χ0v) is 8.14. The van der Waals surface area contributed by atoms with Gasteiger partial charge in [-0.3, -0.25) is 9.63 Å². The Kier molecular flexibility index (Phi) is 1.59. The molecule has 1 aliphatic heterocycles. The lowest BCUT2D eigenvalue weighted by Gasteiger charge is -2.15. The van der Waals surface area contributed by atoms with E-state index in [1.807, 2.05) is 0 Å². The van der Waals surface area contributed by atoms with Crippen LogP contribution in [-0.2, 0) is 9.63 Å². The van der Waals surface area contributed by atoms with E-state index in [2.05, 4.69) is 0 Å². The summed E-state index contributed by atoms with van der Waals surface area (Å²) in [5, 5.41) is 10.6. The summed E-state index contributed by atoms with van der Waals surface area (Å²) in [5.41, 5.74) is 0.381. The van der Waals surface area contributed by atoms with Gasteiger partial charge in [-0.05, 0) is 25.0 Å². The van der Waals surface area contributed by atoms with Crippen molar-refractivity contribution < 1.29 is 14.7 Å². The normalized spacial score (nSPS) is 22.4. The molecule has 1 N–H and O–H groups in total. The Hall–Kier alpha value is -1.55. The van der Waals surface area contributed by atoms with Crippen molar-refractivity contribution in [3.8, 4) is 5.75 Å². The molecule has 2 aliphatic rings. The molecule has 0 radical (unpaired) electrons. The van der Waals surface area contributed by atoms with Crippen LogP contribution in [0.3, 0.4) is 0 Å². The van der Waals surface area contributed by atoms with E-state index in [0.29, 0.717) is 12.1 Å². The second kappa shape index (κ2) is 2.73. The third-order valence-electron chi connectivity index (χ3n) is 2.86. The Labute approximate surface area is 87.0 Å². The zero-order valence-electron chi connectivity index (χ0n) is 8.14. The number of phenolic OH excluding ortho intramolecular Hbond substituents is 1. The maximum absolute atomic E-state index is 11.7. The summed E-state index contributed by atoms with van der Waals surface area (Å²) in [7, 11) is 0. The molecule has 1 aliphatic carbocycles. The zero-order chi connectivity index (χ0) is 10.5. The first-order valence-electron chi connectivity index (χ1n) is 5.00. The quantitative estimate of drug-likeness (QED) is 0.757. The van der Waals surface area contributed by atoms with Crippen molar-refractivity contribution in [2.24, 2.45) is 0 Å². The molecular formula is C11H11NO3. The maximum Gasteiger partial charge on any atom is 0.253 e. The van der Waals surface area contributed by atoms with E-state index >= 15 is 0 Å². The molecular weight excluding hydrogens is 194 g/mol. The highest BCUT2D eigenvalue weighted by molar-refractivity contribution is 5.94. The number of benzene rings is 1. The predicted molar refractivity (Wildman–Crippen MR) is 53.3 cm³/mol. The average molecular weight is 205 g/mol. The molecule has 3 rings (SSSR count). The topological polar surface area (TPSA) is 49.8 Å². The Morgan fingerprint density at radius 1 is 1.40 bits per heavy atom. The SMILES string of the molecule is O=C1CC2(CC2)ON1c1cccc(O)c1. The highest BCUT2D eigenvalue weighted by Crippen LogP contribution is 2.48. The smallest absolute Gasteiger partial charge is 0.253 e. The van der Waals surface area contributed by atoms with Gasteiger partial charge in [0.1, 0.15) is 11.4 Å². The van der Waals surface area contributed by atoms with Crippen LogP contribution in [0.1, 0.15) is 19.3 Å². The number of rotatable bonds is 1. The van der Waals surface area contributed by atoms with Crippen molar-refractivity contribution in [1.82, 2.24) is 0 Å². The molecule has 1 spiro atoms. The number of nitrogens with zero attached hydrogens (tertiary/aromatic N) is 1. The number of phenols is 1. The van der Waals surface area contributed by atoms with E-state index < -0.39 is 0 Å². The Morgan fingerprint density at radius 3 is 2.80 bits per heavy atom. The second-order valence-electron chi connectivity index (χ2n) is 4.16. The fourth-order valence-corrected chi connectivity index (χ4v) is 1.85. The van der Waals surface area contributed by atoms with Gasteiger partial charge in [0, 0.05) is 6.07 Å². The lowest BCUT2D eigenvalue weighted by molar-refractivity contribution is -0.119. The van der Waals surface area contributed by atoms with Gasteiger partial charge in [0.15, 0.2) is 0 Å². The first kappa shape index (κ1) is 8.73. The number of amides is 1. The van der Waals surface area contributed by atoms with E-state index in [1.54, 1.807) is 18.2 Å². The monoisotopic (exact) mass is 205 g/mol. The molecule has 4 nitrogen and oxygen atoms in total. The molecule has 1 aromatic carbocycles. The van der Waals surface area contributed by atoms with E-state index in [9.17, 15) is 9.90 Å². The number of hydrogen-bond acceptors (Lipinski definition) is 3. The molecule has 0 atom stereocenters. The van der Waals surface area contributed by atoms with Crippen molar-refractivity contribution in [2.75, 3.05) is 5.06 Å². The number of hydrogen-bond donors (Lipinski definition) is 1. The maximum atomic E-state index is 11.7. The van der Waals surface area contributed by atoms with Gasteiger partial charge in [-0.2, -0.15) is 5.06 Å². The van der Waals surface area contributed by atoms with Crippen LogP contribution in [-0.4, -0.2) is 16.6 Å². The van der Waals surface area contributed by atoms with Gasteiger partial charge in [0.05, 0.1) is 12.1 Å². The van der Waals surface area contributed by atoms with Crippen LogP contribution in [0, 0.1) is 0 Å². The van der Waals surface area contributed by atoms with Crippen LogP contribution in [0.15, 0.2) is 24.3 Å². The summed E-state index contributed by atoms with van der Waals surface area (Å²) in [6.45, 7) is 0. The minimum absolute atomic E-state index is 0.0295. The van der Waals surface area contributed by atoms with Gasteiger partial charge >= 0.3 is 0 Å². The third kappa shape index (κ3) is 1.37. The fraction of sp³-hybridized carbons (Fsp3) is 0.364. The molecule has 1 saturated heterocycles. The number of carbonyl (C=O) groups excluding carboxylic acids is 1. The van der Waals surface area contributed by atoms with E-state index in [-0.39, 0.29) is 17.3 Å². The highest BCUT2D eigenvalue weighted by atomic mass is 16.7. The molecule has 1 heterocycles. The van der Waals surface area contributed by atoms with Crippen molar-refractivity contribution in [3.63, 3.8) is 0 Å². The number of hydroxylamine groups is 1. The molecule has 2 fully saturated rings. The molecule has 0 unspecified atom stereocenters. The van der Waals surface area contributed by atoms with Crippen LogP contribution in [0.4, 0.5) is 5.69 Å². The number of anilines is 1. The number of aromatic hydroxyl groups is 1. The summed E-state index contributed by atoms with van der Waals surface area (Å²) in [6, 6.07) is 6.54. The van der Waals surface area contributed by atoms with Crippen LogP contribution in [0.2, 0.25) is 0 Å². The molecule has 0 bridgehead atoms. The minimum Gasteiger partial charge on any atom is -0.508 e. The van der Waals surface area contributed by atoms with Crippen LogP contribution >= 0.6 is 0 Å². The summed E-state index contributed by atoms with van der Waals surface area (Å²) in [4.78, 5) is 17.2. The summed E-state index contributed by atoms with van der Waals surface area (Å²) >= 11 is 0. The number of carbonyl (C=O) groups is 1. The third-order valence-corrected chi connectivity index (χ3v) is 2.86. The molecule has 15 heavy (non-hydrogen) atoms.